The van der Waals surface area contributed by atoms with Crippen LogP contribution in [0.3, 0.4) is 0 Å². The van der Waals surface area contributed by atoms with E-state index in [1.54, 1.807) is 0 Å². The van der Waals surface area contributed by atoms with Crippen LogP contribution < -0.4 is 0 Å². The first-order valence-corrected chi connectivity index (χ1v) is 4.63. The smallest absolute Gasteiger partial charge is 0.0809 e. The molecule has 11 heavy (non-hydrogen) atoms. The van der Waals surface area contributed by atoms with Crippen molar-refractivity contribution in [3.8, 4) is 0 Å². The molecule has 2 heteroatoms. The topological polar surface area (TPSA) is 18.5 Å². The lowest BCUT2D eigenvalue weighted by molar-refractivity contribution is -0.0504. The third kappa shape index (κ3) is 3.73. The molecule has 1 rings (SSSR count). The van der Waals surface area contributed by atoms with E-state index in [-0.39, 0.29) is 0 Å². The van der Waals surface area contributed by atoms with Crippen LogP contribution in [-0.2, 0) is 9.47 Å². The van der Waals surface area contributed by atoms with Gasteiger partial charge in [0.05, 0.1) is 12.7 Å². The van der Waals surface area contributed by atoms with E-state index in [4.69, 9.17) is 9.47 Å². The van der Waals surface area contributed by atoms with Crippen LogP contribution >= 0.6 is 0 Å². The van der Waals surface area contributed by atoms with Crippen LogP contribution in [0.5, 0.6) is 0 Å². The van der Waals surface area contributed by atoms with Crippen LogP contribution in [0.4, 0.5) is 0 Å². The molecule has 1 aliphatic heterocycles. The monoisotopic (exact) mass is 158 g/mol. The average Bonchev–Trinajstić information content (AvgIpc) is 2.07. The lowest BCUT2D eigenvalue weighted by Gasteiger charge is -2.22. The number of ether oxygens (including phenoxy) is 2. The van der Waals surface area contributed by atoms with Crippen LogP contribution in [-0.4, -0.2) is 25.9 Å². The first-order chi connectivity index (χ1) is 5.43. The highest BCUT2D eigenvalue weighted by Crippen LogP contribution is 2.09. The van der Waals surface area contributed by atoms with E-state index >= 15 is 0 Å². The fourth-order valence-corrected chi connectivity index (χ4v) is 1.24. The summed E-state index contributed by atoms with van der Waals surface area (Å²) in [6.45, 7) is 4.82. The number of hydrogen-bond donors (Lipinski definition) is 0. The molecule has 0 aromatic rings. The second-order valence-electron chi connectivity index (χ2n) is 3.06. The van der Waals surface area contributed by atoms with Crippen LogP contribution in [0.25, 0.3) is 0 Å². The Bertz CT molecular complexity index is 87.6. The Morgan fingerprint density at radius 2 is 2.45 bits per heavy atom. The van der Waals surface area contributed by atoms with Crippen molar-refractivity contribution < 1.29 is 9.47 Å². The van der Waals surface area contributed by atoms with Gasteiger partial charge in [0.1, 0.15) is 0 Å². The van der Waals surface area contributed by atoms with E-state index in [1.807, 2.05) is 0 Å². The number of hydrogen-bond acceptors (Lipinski definition) is 2. The summed E-state index contributed by atoms with van der Waals surface area (Å²) >= 11 is 0. The highest BCUT2D eigenvalue weighted by Gasteiger charge is 2.12. The molecular formula is C9H18O2. The van der Waals surface area contributed by atoms with Crippen molar-refractivity contribution in [3.05, 3.63) is 0 Å². The van der Waals surface area contributed by atoms with Crippen LogP contribution in [0.1, 0.15) is 32.6 Å². The van der Waals surface area contributed by atoms with Crippen molar-refractivity contribution in [1.29, 1.82) is 0 Å². The first kappa shape index (κ1) is 9.01. The van der Waals surface area contributed by atoms with E-state index in [1.165, 1.54) is 19.3 Å². The molecule has 0 aliphatic carbocycles. The normalized spacial score (nSPS) is 25.4. The van der Waals surface area contributed by atoms with Gasteiger partial charge in [-0.25, -0.2) is 0 Å². The second kappa shape index (κ2) is 5.56. The molecule has 66 valence electrons. The molecule has 1 aliphatic rings. The van der Waals surface area contributed by atoms with E-state index in [0.717, 1.165) is 26.2 Å². The third-order valence-corrected chi connectivity index (χ3v) is 1.97. The van der Waals surface area contributed by atoms with E-state index in [0.29, 0.717) is 6.10 Å². The Hall–Kier alpha value is -0.0800. The number of rotatable bonds is 4. The molecule has 0 aromatic carbocycles. The summed E-state index contributed by atoms with van der Waals surface area (Å²) in [5.41, 5.74) is 0. The molecule has 1 fully saturated rings. The largest absolute Gasteiger partial charge is 0.379 e. The molecule has 0 radical (unpaired) electrons. The molecule has 0 saturated carbocycles. The summed E-state index contributed by atoms with van der Waals surface area (Å²) in [6.07, 6.45) is 5.13. The molecule has 1 unspecified atom stereocenters. The first-order valence-electron chi connectivity index (χ1n) is 4.63. The van der Waals surface area contributed by atoms with Crippen molar-refractivity contribution in [2.24, 2.45) is 0 Å². The molecule has 1 saturated heterocycles. The highest BCUT2D eigenvalue weighted by molar-refractivity contribution is 4.61. The lowest BCUT2D eigenvalue weighted by Crippen LogP contribution is -2.25. The summed E-state index contributed by atoms with van der Waals surface area (Å²) in [5.74, 6) is 0. The zero-order valence-corrected chi connectivity index (χ0v) is 7.34. The van der Waals surface area contributed by atoms with Gasteiger partial charge in [-0.1, -0.05) is 13.3 Å². The summed E-state index contributed by atoms with van der Waals surface area (Å²) in [7, 11) is 0. The van der Waals surface area contributed by atoms with Crippen LogP contribution in [0, 0.1) is 0 Å². The SMILES string of the molecule is CCCCOC1CCCOC1. The third-order valence-electron chi connectivity index (χ3n) is 1.97. The second-order valence-corrected chi connectivity index (χ2v) is 3.06. The van der Waals surface area contributed by atoms with E-state index in [2.05, 4.69) is 6.92 Å². The molecule has 1 heterocycles. The van der Waals surface area contributed by atoms with Gasteiger partial charge in [0.2, 0.25) is 0 Å². The molecule has 0 spiro atoms. The molecule has 0 bridgehead atoms. The Labute approximate surface area is 68.9 Å². The summed E-state index contributed by atoms with van der Waals surface area (Å²) < 4.78 is 10.9. The van der Waals surface area contributed by atoms with E-state index < -0.39 is 0 Å². The lowest BCUT2D eigenvalue weighted by atomic mass is 10.2. The van der Waals surface area contributed by atoms with E-state index in [9.17, 15) is 0 Å². The maximum Gasteiger partial charge on any atom is 0.0809 e. The predicted molar refractivity (Wildman–Crippen MR) is 44.7 cm³/mol. The standard InChI is InChI=1S/C9H18O2/c1-2-3-7-11-9-5-4-6-10-8-9/h9H,2-8H2,1H3. The van der Waals surface area contributed by atoms with Crippen molar-refractivity contribution in [3.63, 3.8) is 0 Å². The molecule has 0 amide bonds. The minimum atomic E-state index is 0.385. The highest BCUT2D eigenvalue weighted by atomic mass is 16.5. The predicted octanol–water partition coefficient (Wildman–Crippen LogP) is 1.98. The zero-order chi connectivity index (χ0) is 7.94. The van der Waals surface area contributed by atoms with Gasteiger partial charge in [0.25, 0.3) is 0 Å². The number of unbranched alkanes of at least 4 members (excludes halogenated alkanes) is 1. The van der Waals surface area contributed by atoms with Crippen molar-refractivity contribution in [2.45, 2.75) is 38.7 Å². The average molecular weight is 158 g/mol. The van der Waals surface area contributed by atoms with Gasteiger partial charge in [-0.15, -0.1) is 0 Å². The Morgan fingerprint density at radius 3 is 3.09 bits per heavy atom. The van der Waals surface area contributed by atoms with Gasteiger partial charge in [-0.3, -0.25) is 0 Å². The van der Waals surface area contributed by atoms with Gasteiger partial charge >= 0.3 is 0 Å². The van der Waals surface area contributed by atoms with Crippen molar-refractivity contribution in [2.75, 3.05) is 19.8 Å². The molecule has 0 N–H and O–H groups in total. The van der Waals surface area contributed by atoms with Crippen LogP contribution in [0.2, 0.25) is 0 Å². The fourth-order valence-electron chi connectivity index (χ4n) is 1.24. The summed E-state index contributed by atoms with van der Waals surface area (Å²) in [4.78, 5) is 0. The van der Waals surface area contributed by atoms with Gasteiger partial charge in [0, 0.05) is 13.2 Å². The minimum absolute atomic E-state index is 0.385. The Balaban J connectivity index is 1.96. The Morgan fingerprint density at radius 1 is 1.55 bits per heavy atom. The molecule has 2 nitrogen and oxygen atoms in total. The maximum atomic E-state index is 5.60. The van der Waals surface area contributed by atoms with Crippen molar-refractivity contribution in [1.82, 2.24) is 0 Å². The summed E-state index contributed by atoms with van der Waals surface area (Å²) in [6, 6.07) is 0. The van der Waals surface area contributed by atoms with Crippen LogP contribution in [0.15, 0.2) is 0 Å². The quantitative estimate of drug-likeness (QED) is 0.582. The van der Waals surface area contributed by atoms with Crippen molar-refractivity contribution >= 4 is 0 Å². The van der Waals surface area contributed by atoms with Gasteiger partial charge in [-0.2, -0.15) is 0 Å². The minimum Gasteiger partial charge on any atom is -0.379 e. The van der Waals surface area contributed by atoms with Gasteiger partial charge < -0.3 is 9.47 Å². The molecular weight excluding hydrogens is 140 g/mol. The van der Waals surface area contributed by atoms with Gasteiger partial charge in [-0.05, 0) is 19.3 Å². The zero-order valence-electron chi connectivity index (χ0n) is 7.34. The molecule has 0 aromatic heterocycles. The summed E-state index contributed by atoms with van der Waals surface area (Å²) in [5, 5.41) is 0. The maximum absolute atomic E-state index is 5.60. The Kier molecular flexibility index (Phi) is 4.55. The molecule has 1 atom stereocenters. The fraction of sp³-hybridized carbons (Fsp3) is 1.00. The van der Waals surface area contributed by atoms with Gasteiger partial charge in [0.15, 0.2) is 0 Å².